The second-order valence-electron chi connectivity index (χ2n) is 10.9. The smallest absolute Gasteiger partial charge is 0.304 e. The zero-order valence-corrected chi connectivity index (χ0v) is 22.5. The fraction of sp³-hybridized carbons (Fsp3) is 0.387. The lowest BCUT2D eigenvalue weighted by Gasteiger charge is -2.31. The van der Waals surface area contributed by atoms with E-state index in [1.807, 2.05) is 28.6 Å². The highest BCUT2D eigenvalue weighted by atomic mass is 16.4. The number of carboxylic acid groups (broad SMARTS) is 1. The molecule has 0 spiro atoms. The molecule has 0 saturated carbocycles. The summed E-state index contributed by atoms with van der Waals surface area (Å²) in [6.07, 6.45) is 6.56. The van der Waals surface area contributed by atoms with Gasteiger partial charge in [-0.05, 0) is 90.6 Å². The van der Waals surface area contributed by atoms with Gasteiger partial charge in [-0.3, -0.25) is 9.59 Å². The molecule has 5 aliphatic heterocycles. The van der Waals surface area contributed by atoms with E-state index in [2.05, 4.69) is 41.5 Å². The third-order valence-electron chi connectivity index (χ3n) is 8.38. The van der Waals surface area contributed by atoms with Crippen molar-refractivity contribution in [2.45, 2.75) is 71.4 Å². The van der Waals surface area contributed by atoms with Crippen molar-refractivity contribution in [1.29, 1.82) is 0 Å². The lowest BCUT2D eigenvalue weighted by atomic mass is 9.83. The number of benzene rings is 2. The summed E-state index contributed by atoms with van der Waals surface area (Å²) in [4.78, 5) is 32.1. The number of carbonyl (C=O) groups is 2. The Bertz CT molecular complexity index is 1570. The van der Waals surface area contributed by atoms with Crippen molar-refractivity contribution >= 4 is 23.0 Å². The minimum Gasteiger partial charge on any atom is -0.481 e. The molecule has 1 amide bonds. The van der Waals surface area contributed by atoms with Crippen LogP contribution in [0.2, 0.25) is 0 Å². The van der Waals surface area contributed by atoms with Crippen LogP contribution in [0.5, 0.6) is 0 Å². The number of nitrogens with zero attached hydrogens (tertiary/aromatic N) is 5. The molecule has 0 aliphatic carbocycles. The summed E-state index contributed by atoms with van der Waals surface area (Å²) in [7, 11) is 0. The van der Waals surface area contributed by atoms with Gasteiger partial charge in [0.05, 0.1) is 6.42 Å². The number of hydrogen-bond donors (Lipinski definition) is 1. The first-order chi connectivity index (χ1) is 18.9. The van der Waals surface area contributed by atoms with Crippen molar-refractivity contribution in [3.8, 4) is 0 Å². The third kappa shape index (κ3) is 4.80. The Labute approximate surface area is 227 Å². The first kappa shape index (κ1) is 25.2. The van der Waals surface area contributed by atoms with E-state index in [-0.39, 0.29) is 18.2 Å². The fourth-order valence-corrected chi connectivity index (χ4v) is 6.22. The van der Waals surface area contributed by atoms with Crippen molar-refractivity contribution in [1.82, 2.24) is 24.9 Å². The largest absolute Gasteiger partial charge is 0.481 e. The van der Waals surface area contributed by atoms with Gasteiger partial charge in [0.25, 0.3) is 5.91 Å². The van der Waals surface area contributed by atoms with E-state index in [0.717, 1.165) is 77.6 Å². The monoisotopic (exact) mass is 523 g/mol. The Hall–Kier alpha value is -4.07. The maximum Gasteiger partial charge on any atom is 0.304 e. The zero-order valence-electron chi connectivity index (χ0n) is 22.5. The highest BCUT2D eigenvalue weighted by Crippen LogP contribution is 2.36. The van der Waals surface area contributed by atoms with Gasteiger partial charge in [-0.15, -0.1) is 5.10 Å². The molecule has 200 valence electrons. The molecule has 8 heteroatoms. The summed E-state index contributed by atoms with van der Waals surface area (Å²) in [5, 5.41) is 18.7. The Kier molecular flexibility index (Phi) is 6.62. The molecule has 0 fully saturated rings. The summed E-state index contributed by atoms with van der Waals surface area (Å²) < 4.78 is 1.86. The number of carboxylic acids is 1. The number of pyridine rings is 1. The normalized spacial score (nSPS) is 17.7. The minimum absolute atomic E-state index is 0.0381. The first-order valence-electron chi connectivity index (χ1n) is 13.8. The number of aliphatic carboxylic acids is 1. The molecule has 8 nitrogen and oxygen atoms in total. The van der Waals surface area contributed by atoms with E-state index in [9.17, 15) is 14.7 Å². The molecule has 5 aliphatic rings. The van der Waals surface area contributed by atoms with E-state index in [1.54, 1.807) is 6.20 Å². The predicted octanol–water partition coefficient (Wildman–Crippen LogP) is 4.97. The number of aromatic nitrogens is 4. The first-order valence-corrected chi connectivity index (χ1v) is 13.8. The SMILES string of the molecule is Cc1cc2cc3c1CCN(C3)C(=O)c1ccc(cc1)CCCCCn1nnc3c(C)c(cnc31)C2CC(=O)O. The van der Waals surface area contributed by atoms with Crippen LogP contribution in [0.4, 0.5) is 0 Å². The van der Waals surface area contributed by atoms with Crippen LogP contribution in [0.15, 0.2) is 42.6 Å². The van der Waals surface area contributed by atoms with Gasteiger partial charge < -0.3 is 10.0 Å². The molecule has 9 rings (SSSR count). The molecule has 1 atom stereocenters. The van der Waals surface area contributed by atoms with E-state index in [4.69, 9.17) is 4.98 Å². The van der Waals surface area contributed by atoms with Gasteiger partial charge in [0, 0.05) is 37.3 Å². The number of carbonyl (C=O) groups excluding carboxylic acids is 1. The molecule has 9 bridgehead atoms. The van der Waals surface area contributed by atoms with Gasteiger partial charge in [-0.1, -0.05) is 35.9 Å². The molecule has 0 saturated heterocycles. The van der Waals surface area contributed by atoms with E-state index in [1.165, 1.54) is 11.1 Å². The second kappa shape index (κ2) is 10.2. The summed E-state index contributed by atoms with van der Waals surface area (Å²) in [6, 6.07) is 12.2. The molecular formula is C31H33N5O3. The standard InChI is InChI=1S/C31H33N5O3/c1-19-14-23-15-24-18-35(13-11-25(19)24)31(39)22-9-7-21(8-10-22)6-4-3-5-12-36-30-29(33-34-36)20(2)27(17-32-30)26(23)16-28(37)38/h7-10,14-15,17,26H,3-6,11-13,16,18H2,1-2H3,(H,37,38). The van der Waals surface area contributed by atoms with E-state index >= 15 is 0 Å². The molecular weight excluding hydrogens is 490 g/mol. The topological polar surface area (TPSA) is 101 Å². The van der Waals surface area contributed by atoms with Crippen molar-refractivity contribution in [2.24, 2.45) is 0 Å². The minimum atomic E-state index is -0.871. The van der Waals surface area contributed by atoms with Gasteiger partial charge >= 0.3 is 5.97 Å². The summed E-state index contributed by atoms with van der Waals surface area (Å²) in [6.45, 7) is 5.97. The van der Waals surface area contributed by atoms with Crippen LogP contribution in [0.25, 0.3) is 11.2 Å². The lowest BCUT2D eigenvalue weighted by Crippen LogP contribution is -2.36. The number of amides is 1. The van der Waals surface area contributed by atoms with Crippen molar-refractivity contribution in [3.63, 3.8) is 0 Å². The van der Waals surface area contributed by atoms with Crippen LogP contribution in [0.3, 0.4) is 0 Å². The Morgan fingerprint density at radius 2 is 1.87 bits per heavy atom. The molecule has 1 N–H and O–H groups in total. The highest BCUT2D eigenvalue weighted by molar-refractivity contribution is 5.94. The molecule has 7 heterocycles. The molecule has 4 aromatic rings. The van der Waals surface area contributed by atoms with Crippen LogP contribution < -0.4 is 0 Å². The Morgan fingerprint density at radius 1 is 1.05 bits per heavy atom. The van der Waals surface area contributed by atoms with Crippen LogP contribution in [-0.2, 0) is 30.7 Å². The summed E-state index contributed by atoms with van der Waals surface area (Å²) in [5.74, 6) is -1.22. The molecule has 2 aromatic heterocycles. The van der Waals surface area contributed by atoms with Crippen LogP contribution in [0.1, 0.15) is 80.9 Å². The number of aryl methyl sites for hydroxylation is 4. The average Bonchev–Trinajstić information content (AvgIpc) is 3.35. The Morgan fingerprint density at radius 3 is 2.67 bits per heavy atom. The van der Waals surface area contributed by atoms with Crippen molar-refractivity contribution in [2.75, 3.05) is 6.54 Å². The second-order valence-corrected chi connectivity index (χ2v) is 10.9. The third-order valence-corrected chi connectivity index (χ3v) is 8.38. The van der Waals surface area contributed by atoms with Crippen LogP contribution in [-0.4, -0.2) is 48.4 Å². The van der Waals surface area contributed by atoms with Crippen molar-refractivity contribution < 1.29 is 14.7 Å². The summed E-state index contributed by atoms with van der Waals surface area (Å²) >= 11 is 0. The van der Waals surface area contributed by atoms with E-state index < -0.39 is 5.97 Å². The average molecular weight is 524 g/mol. The van der Waals surface area contributed by atoms with Gasteiger partial charge in [0.15, 0.2) is 5.65 Å². The maximum absolute atomic E-state index is 13.4. The van der Waals surface area contributed by atoms with E-state index in [0.29, 0.717) is 18.7 Å². The maximum atomic E-state index is 13.4. The van der Waals surface area contributed by atoms with Gasteiger partial charge in [0.2, 0.25) is 0 Å². The fourth-order valence-electron chi connectivity index (χ4n) is 6.22. The van der Waals surface area contributed by atoms with Crippen molar-refractivity contribution in [3.05, 3.63) is 87.1 Å². The van der Waals surface area contributed by atoms with Gasteiger partial charge in [-0.2, -0.15) is 0 Å². The number of hydrogen-bond acceptors (Lipinski definition) is 5. The number of rotatable bonds is 2. The molecule has 2 aromatic carbocycles. The van der Waals surface area contributed by atoms with Crippen LogP contribution in [0, 0.1) is 13.8 Å². The van der Waals surface area contributed by atoms with Gasteiger partial charge in [0.1, 0.15) is 5.52 Å². The lowest BCUT2D eigenvalue weighted by molar-refractivity contribution is -0.137. The molecule has 1 unspecified atom stereocenters. The molecule has 39 heavy (non-hydrogen) atoms. The Balaban J connectivity index is 1.47. The van der Waals surface area contributed by atoms with Gasteiger partial charge in [-0.25, -0.2) is 9.67 Å². The summed E-state index contributed by atoms with van der Waals surface area (Å²) in [5.41, 5.74) is 9.56. The quantitative estimate of drug-likeness (QED) is 0.398. The van der Waals surface area contributed by atoms with Crippen LogP contribution >= 0.6 is 0 Å². The zero-order chi connectivity index (χ0) is 27.1. The highest BCUT2D eigenvalue weighted by Gasteiger charge is 2.27. The predicted molar refractivity (Wildman–Crippen MR) is 148 cm³/mol. The molecule has 0 radical (unpaired) electrons.